The fraction of sp³-hybridized carbons (Fsp3) is 0.667. The van der Waals surface area contributed by atoms with Crippen LogP contribution >= 0.6 is 0 Å². The molecular formula is C9H19N5O4. The summed E-state index contributed by atoms with van der Waals surface area (Å²) in [6, 6.07) is 0. The molecule has 0 aromatic rings. The minimum atomic E-state index is -0.440. The lowest BCUT2D eigenvalue weighted by Crippen LogP contribution is -2.43. The van der Waals surface area contributed by atoms with Crippen molar-refractivity contribution in [3.63, 3.8) is 0 Å². The van der Waals surface area contributed by atoms with E-state index in [9.17, 15) is 14.4 Å². The molecule has 0 radical (unpaired) electrons. The van der Waals surface area contributed by atoms with Gasteiger partial charge in [-0.25, -0.2) is 5.90 Å². The Labute approximate surface area is 105 Å². The molecule has 0 aliphatic rings. The Kier molecular flexibility index (Phi) is 9.45. The molecule has 6 N–H and O–H groups in total. The minimum absolute atomic E-state index is 0.132. The molecule has 0 aromatic carbocycles. The van der Waals surface area contributed by atoms with Gasteiger partial charge in [-0.15, -0.1) is 0 Å². The topological polar surface area (TPSA) is 135 Å². The van der Waals surface area contributed by atoms with E-state index in [1.807, 2.05) is 0 Å². The summed E-state index contributed by atoms with van der Waals surface area (Å²) in [6.45, 7) is 0.266. The van der Waals surface area contributed by atoms with Gasteiger partial charge < -0.3 is 26.1 Å². The fourth-order valence-electron chi connectivity index (χ4n) is 0.955. The van der Waals surface area contributed by atoms with E-state index in [1.165, 1.54) is 0 Å². The molecule has 0 saturated heterocycles. The van der Waals surface area contributed by atoms with E-state index in [2.05, 4.69) is 26.1 Å². The second-order valence-corrected chi connectivity index (χ2v) is 3.30. The molecule has 0 spiro atoms. The van der Waals surface area contributed by atoms with Crippen molar-refractivity contribution in [3.8, 4) is 0 Å². The summed E-state index contributed by atoms with van der Waals surface area (Å²) in [6.07, 6.45) is 0. The Morgan fingerprint density at radius 2 is 1.44 bits per heavy atom. The molecule has 104 valence electrons. The lowest BCUT2D eigenvalue weighted by atomic mass is 10.5. The standard InChI is InChI=1S/C9H19N5O4/c1-11-4-7(15)13-6-9(17)14-5-8(16)12-2-3-18-10/h11H,2-6,10H2,1H3,(H,12,16)(H,13,15)(H,14,17). The van der Waals surface area contributed by atoms with Gasteiger partial charge in [-0.2, -0.15) is 0 Å². The third kappa shape index (κ3) is 9.51. The summed E-state index contributed by atoms with van der Waals surface area (Å²) >= 11 is 0. The van der Waals surface area contributed by atoms with Gasteiger partial charge in [0.1, 0.15) is 0 Å². The first-order chi connectivity index (χ1) is 8.60. The van der Waals surface area contributed by atoms with Crippen LogP contribution in [0.3, 0.4) is 0 Å². The van der Waals surface area contributed by atoms with Crippen LogP contribution in [0.2, 0.25) is 0 Å². The lowest BCUT2D eigenvalue weighted by Gasteiger charge is -2.07. The highest BCUT2D eigenvalue weighted by molar-refractivity contribution is 5.88. The molecule has 9 nitrogen and oxygen atoms in total. The van der Waals surface area contributed by atoms with Gasteiger partial charge in [0, 0.05) is 6.54 Å². The predicted molar refractivity (Wildman–Crippen MR) is 63.1 cm³/mol. The zero-order chi connectivity index (χ0) is 13.8. The van der Waals surface area contributed by atoms with Crippen molar-refractivity contribution < 1.29 is 19.2 Å². The lowest BCUT2D eigenvalue weighted by molar-refractivity contribution is -0.127. The number of nitrogens with two attached hydrogens (primary N) is 1. The van der Waals surface area contributed by atoms with Crippen molar-refractivity contribution in [2.45, 2.75) is 0 Å². The molecule has 3 amide bonds. The van der Waals surface area contributed by atoms with Crippen molar-refractivity contribution in [2.75, 3.05) is 39.8 Å². The van der Waals surface area contributed by atoms with Gasteiger partial charge in [0.05, 0.1) is 26.2 Å². The average molecular weight is 261 g/mol. The molecule has 0 bridgehead atoms. The van der Waals surface area contributed by atoms with Gasteiger partial charge in [0.2, 0.25) is 17.7 Å². The van der Waals surface area contributed by atoms with Gasteiger partial charge in [-0.05, 0) is 7.05 Å². The van der Waals surface area contributed by atoms with E-state index in [0.29, 0.717) is 0 Å². The van der Waals surface area contributed by atoms with Gasteiger partial charge in [-0.1, -0.05) is 0 Å². The maximum atomic E-state index is 11.2. The molecule has 0 heterocycles. The van der Waals surface area contributed by atoms with E-state index in [1.54, 1.807) is 7.05 Å². The van der Waals surface area contributed by atoms with Crippen molar-refractivity contribution in [2.24, 2.45) is 5.90 Å². The second kappa shape index (κ2) is 10.4. The van der Waals surface area contributed by atoms with E-state index in [0.717, 1.165) is 0 Å². The van der Waals surface area contributed by atoms with Crippen LogP contribution in [0, 0.1) is 0 Å². The summed E-state index contributed by atoms with van der Waals surface area (Å²) in [5.41, 5.74) is 0. The molecule has 0 saturated carbocycles. The molecule has 9 heteroatoms. The SMILES string of the molecule is CNCC(=O)NCC(=O)NCC(=O)NCCON. The van der Waals surface area contributed by atoms with Crippen LogP contribution in [-0.4, -0.2) is 57.6 Å². The van der Waals surface area contributed by atoms with Gasteiger partial charge in [0.15, 0.2) is 0 Å². The van der Waals surface area contributed by atoms with Crippen molar-refractivity contribution in [1.29, 1.82) is 0 Å². The number of hydrogen-bond acceptors (Lipinski definition) is 6. The summed E-state index contributed by atoms with van der Waals surface area (Å²) in [5, 5.41) is 9.83. The third-order valence-electron chi connectivity index (χ3n) is 1.77. The van der Waals surface area contributed by atoms with Crippen molar-refractivity contribution in [3.05, 3.63) is 0 Å². The summed E-state index contributed by atoms with van der Waals surface area (Å²) < 4.78 is 0. The summed E-state index contributed by atoms with van der Waals surface area (Å²) in [5.74, 6) is 3.67. The van der Waals surface area contributed by atoms with Crippen molar-refractivity contribution in [1.82, 2.24) is 21.3 Å². The minimum Gasteiger partial charge on any atom is -0.352 e. The molecule has 0 aliphatic carbocycles. The highest BCUT2D eigenvalue weighted by Gasteiger charge is 2.06. The molecular weight excluding hydrogens is 242 g/mol. The van der Waals surface area contributed by atoms with Crippen molar-refractivity contribution >= 4 is 17.7 Å². The van der Waals surface area contributed by atoms with Crippen LogP contribution in [0.25, 0.3) is 0 Å². The summed E-state index contributed by atoms with van der Waals surface area (Å²) in [7, 11) is 1.62. The zero-order valence-electron chi connectivity index (χ0n) is 10.2. The Balaban J connectivity index is 3.57. The van der Waals surface area contributed by atoms with Gasteiger partial charge >= 0.3 is 0 Å². The molecule has 0 unspecified atom stereocenters. The first-order valence-electron chi connectivity index (χ1n) is 5.36. The molecule has 0 rings (SSSR count). The second-order valence-electron chi connectivity index (χ2n) is 3.30. The monoisotopic (exact) mass is 261 g/mol. The number of hydrogen-bond donors (Lipinski definition) is 5. The molecule has 0 aromatic heterocycles. The third-order valence-corrected chi connectivity index (χ3v) is 1.77. The van der Waals surface area contributed by atoms with Crippen LogP contribution in [0.15, 0.2) is 0 Å². The first kappa shape index (κ1) is 16.3. The van der Waals surface area contributed by atoms with Crippen LogP contribution in [0.5, 0.6) is 0 Å². The van der Waals surface area contributed by atoms with Crippen LogP contribution in [0.1, 0.15) is 0 Å². The van der Waals surface area contributed by atoms with E-state index < -0.39 is 5.91 Å². The molecule has 0 atom stereocenters. The first-order valence-corrected chi connectivity index (χ1v) is 5.36. The molecule has 18 heavy (non-hydrogen) atoms. The number of amides is 3. The van der Waals surface area contributed by atoms with E-state index in [4.69, 9.17) is 5.90 Å². The number of rotatable bonds is 9. The van der Waals surface area contributed by atoms with Crippen LogP contribution in [-0.2, 0) is 19.2 Å². The normalized spacial score (nSPS) is 9.67. The smallest absolute Gasteiger partial charge is 0.239 e. The maximum Gasteiger partial charge on any atom is 0.239 e. The number of carbonyl (C=O) groups excluding carboxylic acids is 3. The molecule has 0 aliphatic heterocycles. The molecule has 0 fully saturated rings. The maximum absolute atomic E-state index is 11.2. The fourth-order valence-corrected chi connectivity index (χ4v) is 0.955. The van der Waals surface area contributed by atoms with E-state index >= 15 is 0 Å². The largest absolute Gasteiger partial charge is 0.352 e. The van der Waals surface area contributed by atoms with E-state index in [-0.39, 0.29) is 44.6 Å². The Hall–Kier alpha value is -1.71. The Morgan fingerprint density at radius 1 is 0.944 bits per heavy atom. The quantitative estimate of drug-likeness (QED) is 0.215. The number of nitrogens with one attached hydrogen (secondary N) is 4. The Bertz CT molecular complexity index is 284. The van der Waals surface area contributed by atoms with Gasteiger partial charge in [0.25, 0.3) is 0 Å². The highest BCUT2D eigenvalue weighted by Crippen LogP contribution is 1.69. The zero-order valence-corrected chi connectivity index (χ0v) is 10.2. The number of likely N-dealkylation sites (N-methyl/N-ethyl adjacent to an activating group) is 1. The highest BCUT2D eigenvalue weighted by atomic mass is 16.6. The number of carbonyl (C=O) groups is 3. The van der Waals surface area contributed by atoms with Gasteiger partial charge in [-0.3, -0.25) is 14.4 Å². The predicted octanol–water partition coefficient (Wildman–Crippen LogP) is -3.56. The van der Waals surface area contributed by atoms with Crippen LogP contribution < -0.4 is 27.2 Å². The van der Waals surface area contributed by atoms with Crippen LogP contribution in [0.4, 0.5) is 0 Å². The Morgan fingerprint density at radius 3 is 1.94 bits per heavy atom. The summed E-state index contributed by atoms with van der Waals surface area (Å²) in [4.78, 5) is 37.6. The average Bonchev–Trinajstić information content (AvgIpc) is 2.34.